The molecule has 6 nitrogen and oxygen atoms in total. The first-order valence-electron chi connectivity index (χ1n) is 10.3. The molecule has 2 aromatic carbocycles. The van der Waals surface area contributed by atoms with Crippen LogP contribution in [0.15, 0.2) is 67.0 Å². The molecule has 174 valence electrons. The summed E-state index contributed by atoms with van der Waals surface area (Å²) in [5, 5.41) is 12.5. The van der Waals surface area contributed by atoms with Gasteiger partial charge in [0, 0.05) is 11.1 Å². The van der Waals surface area contributed by atoms with E-state index in [0.29, 0.717) is 38.0 Å². The quantitative estimate of drug-likeness (QED) is 0.199. The molecule has 4 rings (SSSR count). The van der Waals surface area contributed by atoms with E-state index in [-0.39, 0.29) is 6.61 Å². The van der Waals surface area contributed by atoms with Crippen LogP contribution in [0, 0.1) is 0 Å². The summed E-state index contributed by atoms with van der Waals surface area (Å²) in [6.45, 7) is 2.59. The largest absolute Gasteiger partial charge is 0.462 e. The summed E-state index contributed by atoms with van der Waals surface area (Å²) in [6, 6.07) is 17.1. The van der Waals surface area contributed by atoms with Crippen LogP contribution in [-0.4, -0.2) is 27.5 Å². The minimum atomic E-state index is -0.402. The lowest BCUT2D eigenvalue weighted by atomic mass is 10.1. The van der Waals surface area contributed by atoms with E-state index in [1.54, 1.807) is 23.9 Å². The van der Waals surface area contributed by atoms with Gasteiger partial charge >= 0.3 is 5.97 Å². The number of nitrogens with zero attached hydrogens (tertiary/aromatic N) is 2. The Kier molecular flexibility index (Phi) is 7.84. The van der Waals surface area contributed by atoms with Crippen molar-refractivity contribution in [3.05, 3.63) is 88.2 Å². The van der Waals surface area contributed by atoms with Crippen LogP contribution in [0.3, 0.4) is 0 Å². The van der Waals surface area contributed by atoms with E-state index in [4.69, 9.17) is 40.2 Å². The molecule has 0 saturated heterocycles. The lowest BCUT2D eigenvalue weighted by Gasteiger charge is -2.09. The maximum atomic E-state index is 12.5. The Hall–Kier alpha value is -2.91. The summed E-state index contributed by atoms with van der Waals surface area (Å²) in [6.07, 6.45) is 3.49. The van der Waals surface area contributed by atoms with Crippen LogP contribution in [0.2, 0.25) is 10.0 Å². The molecule has 10 heteroatoms. The van der Waals surface area contributed by atoms with Gasteiger partial charge in [0.2, 0.25) is 0 Å². The van der Waals surface area contributed by atoms with Crippen molar-refractivity contribution in [1.29, 1.82) is 0 Å². The van der Waals surface area contributed by atoms with E-state index < -0.39 is 5.97 Å². The molecular weight excluding hydrogens is 511 g/mol. The van der Waals surface area contributed by atoms with Gasteiger partial charge in [-0.15, -0.1) is 11.3 Å². The zero-order valence-corrected chi connectivity index (χ0v) is 21.2. The molecule has 0 fully saturated rings. The van der Waals surface area contributed by atoms with Crippen LogP contribution >= 0.6 is 46.8 Å². The first-order valence-corrected chi connectivity index (χ1v) is 12.3. The Bertz CT molecular complexity index is 1320. The zero-order valence-electron chi connectivity index (χ0n) is 18.0. The van der Waals surface area contributed by atoms with E-state index in [9.17, 15) is 4.79 Å². The van der Waals surface area contributed by atoms with Gasteiger partial charge in [-0.1, -0.05) is 59.6 Å². The Balaban J connectivity index is 1.46. The molecular formula is C24H20Cl2N4O2S2. The highest BCUT2D eigenvalue weighted by Gasteiger charge is 2.19. The van der Waals surface area contributed by atoms with Gasteiger partial charge in [-0.05, 0) is 48.5 Å². The minimum absolute atomic E-state index is 0.287. The molecule has 0 aliphatic heterocycles. The van der Waals surface area contributed by atoms with Gasteiger partial charge in [0.05, 0.1) is 40.6 Å². The zero-order chi connectivity index (χ0) is 24.1. The first kappa shape index (κ1) is 24.2. The van der Waals surface area contributed by atoms with Crippen molar-refractivity contribution >= 4 is 68.5 Å². The van der Waals surface area contributed by atoms with Crippen LogP contribution < -0.4 is 10.6 Å². The SMILES string of the molecule is CCOC(=O)c1cc(-c2ccccc2)sc1NC(=S)Nc1cnn(Cc2ccc(Cl)c(Cl)c2)c1. The van der Waals surface area contributed by atoms with Crippen molar-refractivity contribution in [2.75, 3.05) is 17.2 Å². The average Bonchev–Trinajstić information content (AvgIpc) is 3.44. The van der Waals surface area contributed by atoms with E-state index in [0.717, 1.165) is 16.0 Å². The highest BCUT2D eigenvalue weighted by molar-refractivity contribution is 7.80. The molecule has 0 radical (unpaired) electrons. The fourth-order valence-corrected chi connectivity index (χ4v) is 4.86. The van der Waals surface area contributed by atoms with E-state index in [1.165, 1.54) is 11.3 Å². The van der Waals surface area contributed by atoms with E-state index in [1.807, 2.05) is 54.7 Å². The highest BCUT2D eigenvalue weighted by atomic mass is 35.5. The number of carbonyl (C=O) groups excluding carboxylic acids is 1. The lowest BCUT2D eigenvalue weighted by molar-refractivity contribution is 0.0528. The highest BCUT2D eigenvalue weighted by Crippen LogP contribution is 2.36. The van der Waals surface area contributed by atoms with Gasteiger partial charge in [-0.2, -0.15) is 5.10 Å². The Labute approximate surface area is 216 Å². The number of carbonyl (C=O) groups is 1. The number of esters is 1. The maximum absolute atomic E-state index is 12.5. The molecule has 0 aliphatic carbocycles. The number of hydrogen-bond donors (Lipinski definition) is 2. The predicted octanol–water partition coefficient (Wildman–Crippen LogP) is 6.95. The number of thiophene rings is 1. The fraction of sp³-hybridized carbons (Fsp3) is 0.125. The van der Waals surface area contributed by atoms with Crippen molar-refractivity contribution in [1.82, 2.24) is 9.78 Å². The average molecular weight is 531 g/mol. The second-order valence-electron chi connectivity index (χ2n) is 7.19. The number of rotatable bonds is 7. The smallest absolute Gasteiger partial charge is 0.341 e. The van der Waals surface area contributed by atoms with Crippen molar-refractivity contribution < 1.29 is 9.53 Å². The summed E-state index contributed by atoms with van der Waals surface area (Å²) in [7, 11) is 0. The third-order valence-corrected chi connectivity index (χ3v) is 6.78. The Morgan fingerprint density at radius 2 is 1.91 bits per heavy atom. The van der Waals surface area contributed by atoms with Gasteiger partial charge in [0.1, 0.15) is 5.00 Å². The van der Waals surface area contributed by atoms with Gasteiger partial charge in [-0.3, -0.25) is 4.68 Å². The second kappa shape index (κ2) is 11.0. The number of ether oxygens (including phenoxy) is 1. The first-order chi connectivity index (χ1) is 16.4. The molecule has 0 spiro atoms. The lowest BCUT2D eigenvalue weighted by Crippen LogP contribution is -2.19. The molecule has 0 bridgehead atoms. The fourth-order valence-electron chi connectivity index (χ4n) is 3.19. The maximum Gasteiger partial charge on any atom is 0.341 e. The van der Waals surface area contributed by atoms with Crippen molar-refractivity contribution in [2.24, 2.45) is 0 Å². The van der Waals surface area contributed by atoms with Crippen LogP contribution in [0.1, 0.15) is 22.8 Å². The number of nitrogens with one attached hydrogen (secondary N) is 2. The number of hydrogen-bond acceptors (Lipinski definition) is 5. The summed E-state index contributed by atoms with van der Waals surface area (Å²) in [5.41, 5.74) is 3.12. The third kappa shape index (κ3) is 5.95. The molecule has 2 aromatic heterocycles. The molecule has 0 amide bonds. The molecule has 0 unspecified atom stereocenters. The van der Waals surface area contributed by atoms with Crippen molar-refractivity contribution in [2.45, 2.75) is 13.5 Å². The van der Waals surface area contributed by atoms with E-state index in [2.05, 4.69) is 15.7 Å². The minimum Gasteiger partial charge on any atom is -0.462 e. The van der Waals surface area contributed by atoms with Gasteiger partial charge in [0.25, 0.3) is 0 Å². The molecule has 2 heterocycles. The number of aromatic nitrogens is 2. The number of thiocarbonyl (C=S) groups is 1. The molecule has 2 N–H and O–H groups in total. The molecule has 0 saturated carbocycles. The number of halogens is 2. The number of benzene rings is 2. The van der Waals surface area contributed by atoms with Crippen LogP contribution in [0.4, 0.5) is 10.7 Å². The molecule has 4 aromatic rings. The Morgan fingerprint density at radius 1 is 1.12 bits per heavy atom. The van der Waals surface area contributed by atoms with Crippen molar-refractivity contribution in [3.8, 4) is 10.4 Å². The van der Waals surface area contributed by atoms with Gasteiger partial charge in [0.15, 0.2) is 5.11 Å². The molecule has 34 heavy (non-hydrogen) atoms. The van der Waals surface area contributed by atoms with Gasteiger partial charge in [-0.25, -0.2) is 4.79 Å². The topological polar surface area (TPSA) is 68.2 Å². The van der Waals surface area contributed by atoms with Crippen LogP contribution in [-0.2, 0) is 11.3 Å². The molecule has 0 atom stereocenters. The van der Waals surface area contributed by atoms with E-state index >= 15 is 0 Å². The normalized spacial score (nSPS) is 10.7. The number of anilines is 2. The third-order valence-electron chi connectivity index (χ3n) is 4.73. The monoisotopic (exact) mass is 530 g/mol. The standard InChI is InChI=1S/C24H20Cl2N4O2S2/c1-2-32-23(31)18-11-21(16-6-4-3-5-7-16)34-22(18)29-24(33)28-17-12-27-30(14-17)13-15-8-9-19(25)20(26)10-15/h3-12,14H,2,13H2,1H3,(H2,28,29,33). The second-order valence-corrected chi connectivity index (χ2v) is 9.47. The summed E-state index contributed by atoms with van der Waals surface area (Å²) in [5.74, 6) is -0.402. The molecule has 0 aliphatic rings. The summed E-state index contributed by atoms with van der Waals surface area (Å²) < 4.78 is 6.98. The van der Waals surface area contributed by atoms with Crippen molar-refractivity contribution in [3.63, 3.8) is 0 Å². The van der Waals surface area contributed by atoms with Crippen LogP contribution in [0.5, 0.6) is 0 Å². The van der Waals surface area contributed by atoms with Gasteiger partial charge < -0.3 is 15.4 Å². The summed E-state index contributed by atoms with van der Waals surface area (Å²) >= 11 is 19.0. The summed E-state index contributed by atoms with van der Waals surface area (Å²) in [4.78, 5) is 13.5. The Morgan fingerprint density at radius 3 is 2.65 bits per heavy atom. The predicted molar refractivity (Wildman–Crippen MR) is 143 cm³/mol. The van der Waals surface area contributed by atoms with Crippen LogP contribution in [0.25, 0.3) is 10.4 Å².